The number of hydrogen-bond donors (Lipinski definition) is 1. The maximum Gasteiger partial charge on any atom is 0.416 e. The molecule has 1 N–H and O–H groups in total. The molecule has 1 saturated carbocycles. The first-order valence-corrected chi connectivity index (χ1v) is 10.9. The predicted molar refractivity (Wildman–Crippen MR) is 116 cm³/mol. The average Bonchev–Trinajstić information content (AvgIpc) is 2.76. The van der Waals surface area contributed by atoms with E-state index < -0.39 is 23.1 Å². The lowest BCUT2D eigenvalue weighted by molar-refractivity contribution is -0.137. The van der Waals surface area contributed by atoms with Crippen LogP contribution in [0.4, 0.5) is 13.2 Å². The van der Waals surface area contributed by atoms with Gasteiger partial charge in [0.05, 0.1) is 11.3 Å². The van der Waals surface area contributed by atoms with Crippen molar-refractivity contribution in [2.75, 3.05) is 20.1 Å². The first kappa shape index (κ1) is 24.0. The lowest BCUT2D eigenvalue weighted by Gasteiger charge is -2.31. The third-order valence-electron chi connectivity index (χ3n) is 5.91. The fraction of sp³-hybridized carbons (Fsp3) is 0.522. The van der Waals surface area contributed by atoms with E-state index in [1.807, 2.05) is 0 Å². The third-order valence-corrected chi connectivity index (χ3v) is 5.91. The molecule has 6 nitrogen and oxygen atoms in total. The Morgan fingerprint density at radius 2 is 1.94 bits per heavy atom. The van der Waals surface area contributed by atoms with E-state index in [0.29, 0.717) is 18.3 Å². The lowest BCUT2D eigenvalue weighted by Crippen LogP contribution is -2.37. The van der Waals surface area contributed by atoms with Crippen molar-refractivity contribution in [3.8, 4) is 5.69 Å². The highest BCUT2D eigenvalue weighted by atomic mass is 19.4. The minimum absolute atomic E-state index is 0.125. The summed E-state index contributed by atoms with van der Waals surface area (Å²) in [5.74, 6) is -0.629. The Hall–Kier alpha value is -2.68. The van der Waals surface area contributed by atoms with Crippen molar-refractivity contribution in [1.29, 1.82) is 0 Å². The third kappa shape index (κ3) is 5.97. The molecule has 1 amide bonds. The number of hydrogen-bond acceptors (Lipinski definition) is 4. The molecule has 1 heterocycles. The first-order chi connectivity index (χ1) is 15.2. The molecule has 2 aromatic rings. The maximum atomic E-state index is 13.1. The van der Waals surface area contributed by atoms with Crippen LogP contribution in [0.15, 0.2) is 35.1 Å². The van der Waals surface area contributed by atoms with Crippen LogP contribution in [0.1, 0.15) is 60.3 Å². The fourth-order valence-corrected chi connectivity index (χ4v) is 4.10. The number of nitrogens with zero attached hydrogens (tertiary/aromatic N) is 3. The zero-order valence-corrected chi connectivity index (χ0v) is 18.4. The van der Waals surface area contributed by atoms with Crippen molar-refractivity contribution >= 4 is 5.91 Å². The van der Waals surface area contributed by atoms with Crippen LogP contribution in [-0.2, 0) is 6.18 Å². The van der Waals surface area contributed by atoms with Crippen LogP contribution in [0.3, 0.4) is 0 Å². The minimum atomic E-state index is -4.51. The number of carbonyl (C=O) groups is 1. The van der Waals surface area contributed by atoms with Crippen molar-refractivity contribution in [3.63, 3.8) is 0 Å². The molecule has 0 saturated heterocycles. The predicted octanol–water partition coefficient (Wildman–Crippen LogP) is 3.94. The molecule has 32 heavy (non-hydrogen) atoms. The van der Waals surface area contributed by atoms with Gasteiger partial charge in [-0.25, -0.2) is 4.68 Å². The van der Waals surface area contributed by atoms with Crippen molar-refractivity contribution < 1.29 is 18.0 Å². The molecule has 0 unspecified atom stereocenters. The Morgan fingerprint density at radius 1 is 1.22 bits per heavy atom. The first-order valence-electron chi connectivity index (χ1n) is 10.9. The van der Waals surface area contributed by atoms with Gasteiger partial charge in [-0.2, -0.15) is 18.3 Å². The Bertz CT molecular complexity index is 997. The Kier molecular flexibility index (Phi) is 7.71. The van der Waals surface area contributed by atoms with Gasteiger partial charge in [-0.15, -0.1) is 0 Å². The molecule has 0 bridgehead atoms. The summed E-state index contributed by atoms with van der Waals surface area (Å²) in [6, 6.07) is 6.39. The summed E-state index contributed by atoms with van der Waals surface area (Å²) in [6.45, 7) is 2.77. The fourth-order valence-electron chi connectivity index (χ4n) is 4.10. The zero-order valence-electron chi connectivity index (χ0n) is 18.4. The van der Waals surface area contributed by atoms with Crippen LogP contribution in [0.2, 0.25) is 0 Å². The highest BCUT2D eigenvalue weighted by Gasteiger charge is 2.30. The van der Waals surface area contributed by atoms with Crippen LogP contribution in [0, 0.1) is 6.92 Å². The second-order valence-electron chi connectivity index (χ2n) is 8.34. The van der Waals surface area contributed by atoms with Gasteiger partial charge in [0.15, 0.2) is 5.69 Å². The van der Waals surface area contributed by atoms with E-state index in [9.17, 15) is 22.8 Å². The van der Waals surface area contributed by atoms with Gasteiger partial charge < -0.3 is 10.2 Å². The summed E-state index contributed by atoms with van der Waals surface area (Å²) in [6.07, 6.45) is 2.42. The van der Waals surface area contributed by atoms with Gasteiger partial charge in [0.25, 0.3) is 5.91 Å². The smallest absolute Gasteiger partial charge is 0.350 e. The topological polar surface area (TPSA) is 67.2 Å². The molecule has 0 atom stereocenters. The lowest BCUT2D eigenvalue weighted by atomic mass is 9.94. The second kappa shape index (κ2) is 10.3. The van der Waals surface area contributed by atoms with E-state index in [0.717, 1.165) is 25.1 Å². The zero-order chi connectivity index (χ0) is 23.3. The van der Waals surface area contributed by atoms with E-state index in [1.54, 1.807) is 6.92 Å². The Labute approximate surface area is 185 Å². The number of carbonyl (C=O) groups excluding carboxylic acids is 1. The van der Waals surface area contributed by atoms with E-state index in [-0.39, 0.29) is 11.4 Å². The van der Waals surface area contributed by atoms with Gasteiger partial charge in [0.2, 0.25) is 5.43 Å². The molecular formula is C23H29F3N4O2. The summed E-state index contributed by atoms with van der Waals surface area (Å²) < 4.78 is 40.4. The maximum absolute atomic E-state index is 13.1. The van der Waals surface area contributed by atoms with Gasteiger partial charge in [0.1, 0.15) is 0 Å². The molecular weight excluding hydrogens is 421 g/mol. The summed E-state index contributed by atoms with van der Waals surface area (Å²) in [7, 11) is 2.09. The van der Waals surface area contributed by atoms with Crippen LogP contribution >= 0.6 is 0 Å². The number of rotatable bonds is 7. The molecule has 1 aliphatic carbocycles. The molecule has 0 radical (unpaired) electrons. The highest BCUT2D eigenvalue weighted by molar-refractivity contribution is 5.92. The van der Waals surface area contributed by atoms with Crippen LogP contribution in [0.25, 0.3) is 5.69 Å². The molecule has 1 aromatic heterocycles. The summed E-state index contributed by atoms with van der Waals surface area (Å²) >= 11 is 0. The Balaban J connectivity index is 1.66. The number of aryl methyl sites for hydroxylation is 1. The quantitative estimate of drug-likeness (QED) is 0.649. The SMILES string of the molecule is Cc1cc(=O)c(C(=O)NCCCN(C)C2CCCCC2)nn1-c1cccc(C(F)(F)F)c1. The summed E-state index contributed by atoms with van der Waals surface area (Å²) in [4.78, 5) is 27.2. The normalized spacial score (nSPS) is 15.2. The number of aromatic nitrogens is 2. The largest absolute Gasteiger partial charge is 0.416 e. The van der Waals surface area contributed by atoms with Crippen molar-refractivity contribution in [3.05, 3.63) is 57.5 Å². The molecule has 0 spiro atoms. The van der Waals surface area contributed by atoms with E-state index >= 15 is 0 Å². The van der Waals surface area contributed by atoms with Crippen LogP contribution in [0.5, 0.6) is 0 Å². The standard InChI is InChI=1S/C23H29F3N4O2/c1-16-14-20(31)21(28-30(16)19-11-6-8-17(15-19)23(24,25)26)22(32)27-12-7-13-29(2)18-9-4-3-5-10-18/h6,8,11,14-15,18H,3-5,7,9-10,12-13H2,1-2H3,(H,27,32). The van der Waals surface area contributed by atoms with Gasteiger partial charge in [-0.05, 0) is 58.0 Å². The Morgan fingerprint density at radius 3 is 2.62 bits per heavy atom. The molecule has 0 aliphatic heterocycles. The number of alkyl halides is 3. The van der Waals surface area contributed by atoms with Gasteiger partial charge in [-0.1, -0.05) is 25.3 Å². The number of amides is 1. The van der Waals surface area contributed by atoms with Gasteiger partial charge in [0, 0.05) is 24.3 Å². The molecule has 3 rings (SSSR count). The average molecular weight is 451 g/mol. The summed E-state index contributed by atoms with van der Waals surface area (Å²) in [5.41, 5.74) is -1.28. The monoisotopic (exact) mass is 450 g/mol. The number of benzene rings is 1. The number of halogens is 3. The van der Waals surface area contributed by atoms with Crippen molar-refractivity contribution in [2.24, 2.45) is 0 Å². The van der Waals surface area contributed by atoms with Crippen LogP contribution in [-0.4, -0.2) is 46.8 Å². The van der Waals surface area contributed by atoms with Crippen LogP contribution < -0.4 is 10.7 Å². The van der Waals surface area contributed by atoms with Gasteiger partial charge in [-0.3, -0.25) is 9.59 Å². The molecule has 1 aromatic carbocycles. The van der Waals surface area contributed by atoms with E-state index in [4.69, 9.17) is 0 Å². The van der Waals surface area contributed by atoms with Crippen molar-refractivity contribution in [1.82, 2.24) is 20.0 Å². The van der Waals surface area contributed by atoms with Gasteiger partial charge >= 0.3 is 6.18 Å². The molecule has 9 heteroatoms. The van der Waals surface area contributed by atoms with E-state index in [2.05, 4.69) is 22.4 Å². The second-order valence-corrected chi connectivity index (χ2v) is 8.34. The molecule has 1 aliphatic rings. The minimum Gasteiger partial charge on any atom is -0.350 e. The van der Waals surface area contributed by atoms with E-state index in [1.165, 1.54) is 55.0 Å². The number of nitrogens with one attached hydrogen (secondary N) is 1. The molecule has 174 valence electrons. The molecule has 1 fully saturated rings. The van der Waals surface area contributed by atoms with Crippen molar-refractivity contribution in [2.45, 2.75) is 57.7 Å². The summed E-state index contributed by atoms with van der Waals surface area (Å²) in [5, 5.41) is 6.78. The highest BCUT2D eigenvalue weighted by Crippen LogP contribution is 2.30.